The number of imidazole rings is 2. The molecule has 4 unspecified atom stereocenters. The number of ether oxygens (including phenoxy) is 2. The van der Waals surface area contributed by atoms with Crippen LogP contribution in [0.1, 0.15) is 86.0 Å². The van der Waals surface area contributed by atoms with E-state index in [-0.39, 0.29) is 29.8 Å². The van der Waals surface area contributed by atoms with Gasteiger partial charge in [0, 0.05) is 13.1 Å². The molecular weight excluding hydrogens is 797 g/mol. The van der Waals surface area contributed by atoms with Gasteiger partial charge < -0.3 is 39.9 Å². The van der Waals surface area contributed by atoms with Crippen molar-refractivity contribution in [3.63, 3.8) is 0 Å². The molecule has 2 aliphatic heterocycles. The summed E-state index contributed by atoms with van der Waals surface area (Å²) in [7, 11) is 2.59. The molecule has 2 aromatic heterocycles. The minimum atomic E-state index is -0.877. The molecule has 3 aliphatic rings. The van der Waals surface area contributed by atoms with Gasteiger partial charge in [0.25, 0.3) is 5.91 Å². The van der Waals surface area contributed by atoms with Gasteiger partial charge in [0.1, 0.15) is 23.7 Å². The van der Waals surface area contributed by atoms with Crippen LogP contribution in [0.15, 0.2) is 91.1 Å². The second kappa shape index (κ2) is 17.4. The maximum absolute atomic E-state index is 14.0. The Labute approximate surface area is 365 Å². The zero-order valence-electron chi connectivity index (χ0n) is 35.9. The lowest BCUT2D eigenvalue weighted by molar-refractivity contribution is -0.135. The van der Waals surface area contributed by atoms with Crippen molar-refractivity contribution in [2.24, 2.45) is 5.92 Å². The van der Waals surface area contributed by atoms with E-state index in [1.54, 1.807) is 0 Å². The highest BCUT2D eigenvalue weighted by molar-refractivity contribution is 5.89. The van der Waals surface area contributed by atoms with Gasteiger partial charge in [-0.3, -0.25) is 9.59 Å². The number of benzene rings is 4. The first kappa shape index (κ1) is 41.4. The maximum Gasteiger partial charge on any atom is 0.407 e. The zero-order chi connectivity index (χ0) is 43.8. The normalized spacial score (nSPS) is 17.9. The van der Waals surface area contributed by atoms with Crippen molar-refractivity contribution in [3.8, 4) is 33.5 Å². The Balaban J connectivity index is 0.906. The quantitative estimate of drug-likeness (QED) is 0.107. The highest BCUT2D eigenvalue weighted by atomic mass is 16.5. The van der Waals surface area contributed by atoms with E-state index in [2.05, 4.69) is 69.1 Å². The highest BCUT2D eigenvalue weighted by Gasteiger charge is 2.39. The van der Waals surface area contributed by atoms with Crippen LogP contribution in [0.4, 0.5) is 9.59 Å². The molecule has 324 valence electrons. The summed E-state index contributed by atoms with van der Waals surface area (Å²) < 4.78 is 9.65. The van der Waals surface area contributed by atoms with Crippen molar-refractivity contribution >= 4 is 35.0 Å². The summed E-state index contributed by atoms with van der Waals surface area (Å²) >= 11 is 0. The monoisotopic (exact) mass is 848 g/mol. The number of amides is 4. The topological polar surface area (TPSA) is 175 Å². The molecule has 63 heavy (non-hydrogen) atoms. The molecule has 0 spiro atoms. The predicted octanol–water partition coefficient (Wildman–Crippen LogP) is 8.19. The van der Waals surface area contributed by atoms with E-state index in [1.807, 2.05) is 66.2 Å². The Bertz CT molecular complexity index is 2690. The molecule has 14 heteroatoms. The number of H-pyrrole nitrogens is 2. The fourth-order valence-corrected chi connectivity index (χ4v) is 9.55. The van der Waals surface area contributed by atoms with E-state index in [4.69, 9.17) is 19.4 Å². The minimum Gasteiger partial charge on any atom is -0.453 e. The molecule has 4 amide bonds. The first-order chi connectivity index (χ1) is 30.6. The summed E-state index contributed by atoms with van der Waals surface area (Å²) in [6, 6.07) is 26.7. The van der Waals surface area contributed by atoms with Crippen LogP contribution in [-0.2, 0) is 31.9 Å². The van der Waals surface area contributed by atoms with Crippen LogP contribution < -0.4 is 10.6 Å². The SMILES string of the molecule is COC(=O)NC(C(=O)N1CCCC1c1ncc(-c2ccc3c(c2)CCc2cc(-c4ccc5nc(C6CCCN6C(=O)C(NC(=O)OC)C(C)C)[nH]c5c4)ccc2-3)[nH]1)c1ccccc1. The van der Waals surface area contributed by atoms with Crippen LogP contribution in [0.5, 0.6) is 0 Å². The van der Waals surface area contributed by atoms with E-state index < -0.39 is 24.3 Å². The number of aromatic nitrogens is 4. The third-order valence-corrected chi connectivity index (χ3v) is 12.8. The van der Waals surface area contributed by atoms with Gasteiger partial charge in [0.15, 0.2) is 0 Å². The second-order valence-corrected chi connectivity index (χ2v) is 17.0. The van der Waals surface area contributed by atoms with Crippen molar-refractivity contribution in [1.82, 2.24) is 40.4 Å². The van der Waals surface area contributed by atoms with Gasteiger partial charge in [-0.05, 0) is 107 Å². The number of hydrogen-bond acceptors (Lipinski definition) is 8. The number of fused-ring (bicyclic) bond motifs is 4. The lowest BCUT2D eigenvalue weighted by atomic mass is 9.83. The number of aromatic amines is 2. The first-order valence-electron chi connectivity index (χ1n) is 21.8. The number of rotatable bonds is 10. The average Bonchev–Trinajstić information content (AvgIpc) is 4.16. The Hall–Kier alpha value is -6.96. The number of carbonyl (C=O) groups is 4. The van der Waals surface area contributed by atoms with E-state index >= 15 is 0 Å². The maximum atomic E-state index is 14.0. The highest BCUT2D eigenvalue weighted by Crippen LogP contribution is 2.40. The van der Waals surface area contributed by atoms with Crippen LogP contribution in [0.2, 0.25) is 0 Å². The fourth-order valence-electron chi connectivity index (χ4n) is 9.55. The Morgan fingerprint density at radius 1 is 0.698 bits per heavy atom. The van der Waals surface area contributed by atoms with Gasteiger partial charge in [-0.15, -0.1) is 0 Å². The lowest BCUT2D eigenvalue weighted by Crippen LogP contribution is -2.51. The van der Waals surface area contributed by atoms with E-state index in [9.17, 15) is 19.2 Å². The zero-order valence-corrected chi connectivity index (χ0v) is 35.9. The third-order valence-electron chi connectivity index (χ3n) is 12.8. The third kappa shape index (κ3) is 8.13. The van der Waals surface area contributed by atoms with Gasteiger partial charge >= 0.3 is 12.2 Å². The smallest absolute Gasteiger partial charge is 0.407 e. The van der Waals surface area contributed by atoms with Crippen molar-refractivity contribution < 1.29 is 28.7 Å². The number of carbonyl (C=O) groups excluding carboxylic acids is 4. The molecule has 4 N–H and O–H groups in total. The number of nitrogens with zero attached hydrogens (tertiary/aromatic N) is 4. The van der Waals surface area contributed by atoms with Crippen molar-refractivity contribution in [3.05, 3.63) is 119 Å². The molecule has 2 fully saturated rings. The van der Waals surface area contributed by atoms with Crippen LogP contribution in [-0.4, -0.2) is 87.1 Å². The number of hydrogen-bond donors (Lipinski definition) is 4. The number of alkyl carbamates (subject to hydrolysis) is 2. The van der Waals surface area contributed by atoms with E-state index in [0.717, 1.165) is 83.6 Å². The lowest BCUT2D eigenvalue weighted by Gasteiger charge is -2.29. The van der Waals surface area contributed by atoms with Crippen molar-refractivity contribution in [2.45, 2.75) is 76.5 Å². The van der Waals surface area contributed by atoms with Crippen LogP contribution in [0.25, 0.3) is 44.5 Å². The fraction of sp³-hybridized carbons (Fsp3) is 0.347. The van der Waals surface area contributed by atoms with E-state index in [0.29, 0.717) is 18.7 Å². The van der Waals surface area contributed by atoms with Gasteiger partial charge in [-0.1, -0.05) is 80.6 Å². The molecule has 4 aromatic carbocycles. The molecule has 2 saturated heterocycles. The average molecular weight is 849 g/mol. The number of nitrogens with one attached hydrogen (secondary N) is 4. The van der Waals surface area contributed by atoms with Crippen molar-refractivity contribution in [1.29, 1.82) is 0 Å². The minimum absolute atomic E-state index is 0.107. The van der Waals surface area contributed by atoms with Crippen LogP contribution in [0, 0.1) is 5.92 Å². The molecule has 1 aliphatic carbocycles. The molecule has 4 heterocycles. The summed E-state index contributed by atoms with van der Waals surface area (Å²) in [6.45, 7) is 4.98. The van der Waals surface area contributed by atoms with Gasteiger partial charge in [-0.2, -0.15) is 0 Å². The molecular formula is C49H52N8O6. The van der Waals surface area contributed by atoms with Gasteiger partial charge in [0.2, 0.25) is 5.91 Å². The van der Waals surface area contributed by atoms with Gasteiger partial charge in [-0.25, -0.2) is 19.6 Å². The molecule has 9 rings (SSSR count). The summed E-state index contributed by atoms with van der Waals surface area (Å²) in [6.07, 6.45) is 5.58. The number of likely N-dealkylation sites (tertiary alicyclic amines) is 2. The molecule has 0 saturated carbocycles. The first-order valence-corrected chi connectivity index (χ1v) is 21.8. The second-order valence-electron chi connectivity index (χ2n) is 17.0. The van der Waals surface area contributed by atoms with Crippen molar-refractivity contribution in [2.75, 3.05) is 27.3 Å². The van der Waals surface area contributed by atoms with Gasteiger partial charge in [0.05, 0.1) is 49.2 Å². The molecule has 0 bridgehead atoms. The molecule has 14 nitrogen and oxygen atoms in total. The standard InChI is InChI=1S/C49H52N8O6/c1-28(2)42(54-48(60)62-3)46(58)57-23-9-13-41(57)45-51-37-21-18-31(26-38(37)52-45)30-16-19-35-32(24-30)14-15-33-25-34(17-20-36(33)35)39-27-50-44(53-39)40-12-8-22-56(40)47(59)43(55-49(61)63-4)29-10-6-5-7-11-29/h5-7,10-11,16-21,24-28,40-43H,8-9,12-15,22-23H2,1-4H3,(H,50,53)(H,51,52)(H,54,60)(H,55,61). The summed E-state index contributed by atoms with van der Waals surface area (Å²) in [5, 5.41) is 5.45. The molecule has 0 radical (unpaired) electrons. The Kier molecular flexibility index (Phi) is 11.5. The Morgan fingerprint density at radius 3 is 1.98 bits per heavy atom. The van der Waals surface area contributed by atoms with Crippen LogP contribution in [0.3, 0.4) is 0 Å². The van der Waals surface area contributed by atoms with E-state index in [1.165, 1.54) is 36.5 Å². The largest absolute Gasteiger partial charge is 0.453 e. The summed E-state index contributed by atoms with van der Waals surface area (Å²) in [4.78, 5) is 72.4. The number of methoxy groups -OCH3 is 2. The summed E-state index contributed by atoms with van der Waals surface area (Å²) in [5.41, 5.74) is 11.6. The Morgan fingerprint density at radius 2 is 1.30 bits per heavy atom. The predicted molar refractivity (Wildman–Crippen MR) is 238 cm³/mol. The molecule has 4 atom stereocenters. The summed E-state index contributed by atoms with van der Waals surface area (Å²) in [5.74, 6) is 1.03. The van der Waals surface area contributed by atoms with Crippen LogP contribution >= 0.6 is 0 Å². The molecule has 6 aromatic rings. The number of aryl methyl sites for hydroxylation is 2.